The number of hydrogen-bond acceptors (Lipinski definition) is 4. The highest BCUT2D eigenvalue weighted by atomic mass is 16.5. The molecule has 3 rings (SSSR count). The maximum atomic E-state index is 13.0. The first-order valence-electron chi connectivity index (χ1n) is 10.8. The van der Waals surface area contributed by atoms with E-state index in [0.29, 0.717) is 26.0 Å². The molecule has 0 aromatic heterocycles. The highest BCUT2D eigenvalue weighted by Crippen LogP contribution is 2.39. The minimum Gasteiger partial charge on any atom is -0.391 e. The van der Waals surface area contributed by atoms with Gasteiger partial charge in [0.05, 0.1) is 24.7 Å². The lowest BCUT2D eigenvalue weighted by atomic mass is 9.74. The van der Waals surface area contributed by atoms with Crippen molar-refractivity contribution in [3.05, 3.63) is 35.9 Å². The van der Waals surface area contributed by atoms with Gasteiger partial charge in [-0.3, -0.25) is 9.59 Å². The van der Waals surface area contributed by atoms with Crippen molar-refractivity contribution in [1.82, 2.24) is 10.2 Å². The first-order chi connectivity index (χ1) is 13.9. The Bertz CT molecular complexity index is 689. The van der Waals surface area contributed by atoms with Crippen molar-refractivity contribution in [2.45, 2.75) is 63.0 Å². The van der Waals surface area contributed by atoms with Gasteiger partial charge in [-0.25, -0.2) is 0 Å². The summed E-state index contributed by atoms with van der Waals surface area (Å²) in [6.45, 7) is 3.27. The number of aliphatic hydroxyl groups is 1. The van der Waals surface area contributed by atoms with Crippen LogP contribution in [0.1, 0.15) is 51.0 Å². The minimum atomic E-state index is -0.573. The molecule has 1 unspecified atom stereocenters. The fourth-order valence-electron chi connectivity index (χ4n) is 4.85. The highest BCUT2D eigenvalue weighted by Gasteiger charge is 2.40. The summed E-state index contributed by atoms with van der Waals surface area (Å²) in [7, 11) is 1.81. The molecule has 6 heteroatoms. The van der Waals surface area contributed by atoms with E-state index in [4.69, 9.17) is 4.74 Å². The van der Waals surface area contributed by atoms with E-state index in [0.717, 1.165) is 32.3 Å². The molecule has 1 saturated carbocycles. The average Bonchev–Trinajstić information content (AvgIpc) is 2.92. The molecule has 1 aliphatic carbocycles. The topological polar surface area (TPSA) is 78.9 Å². The second kappa shape index (κ2) is 9.72. The quantitative estimate of drug-likeness (QED) is 0.741. The van der Waals surface area contributed by atoms with E-state index < -0.39 is 6.10 Å². The molecule has 0 radical (unpaired) electrons. The highest BCUT2D eigenvalue weighted by molar-refractivity contribution is 5.79. The Hall–Kier alpha value is -1.92. The Balaban J connectivity index is 1.77. The molecule has 1 aliphatic heterocycles. The molecular formula is C23H34N2O4. The molecule has 1 aromatic rings. The summed E-state index contributed by atoms with van der Waals surface area (Å²) in [5, 5.41) is 13.9. The fourth-order valence-corrected chi connectivity index (χ4v) is 4.85. The van der Waals surface area contributed by atoms with E-state index in [1.165, 1.54) is 12.5 Å². The number of likely N-dealkylation sites (N-methyl/N-ethyl adjacent to an activating group) is 1. The summed E-state index contributed by atoms with van der Waals surface area (Å²) >= 11 is 0. The molecule has 0 spiro atoms. The van der Waals surface area contributed by atoms with Crippen LogP contribution < -0.4 is 5.32 Å². The van der Waals surface area contributed by atoms with Gasteiger partial charge in [0.25, 0.3) is 0 Å². The zero-order valence-electron chi connectivity index (χ0n) is 17.6. The Kier molecular flexibility index (Phi) is 7.30. The number of ether oxygens (including phenoxy) is 1. The zero-order chi connectivity index (χ0) is 20.9. The van der Waals surface area contributed by atoms with Crippen LogP contribution in [-0.2, 0) is 19.7 Å². The lowest BCUT2D eigenvalue weighted by Gasteiger charge is -2.35. The number of benzene rings is 1. The Morgan fingerprint density at radius 2 is 1.93 bits per heavy atom. The summed E-state index contributed by atoms with van der Waals surface area (Å²) in [6.07, 6.45) is 4.05. The number of nitrogens with zero attached hydrogens (tertiary/aromatic N) is 1. The first kappa shape index (κ1) is 21.8. The van der Waals surface area contributed by atoms with Crippen LogP contribution in [0.25, 0.3) is 0 Å². The summed E-state index contributed by atoms with van der Waals surface area (Å²) < 4.78 is 5.49. The van der Waals surface area contributed by atoms with Crippen molar-refractivity contribution in [3.63, 3.8) is 0 Å². The molecule has 1 saturated heterocycles. The largest absolute Gasteiger partial charge is 0.391 e. The first-order valence-corrected chi connectivity index (χ1v) is 10.8. The molecule has 2 fully saturated rings. The second-order valence-electron chi connectivity index (χ2n) is 8.63. The van der Waals surface area contributed by atoms with Gasteiger partial charge in [0.2, 0.25) is 11.8 Å². The molecule has 160 valence electrons. The van der Waals surface area contributed by atoms with Gasteiger partial charge >= 0.3 is 0 Å². The van der Waals surface area contributed by atoms with Crippen LogP contribution in [0.15, 0.2) is 30.3 Å². The molecule has 2 amide bonds. The number of nitrogens with one attached hydrogen (secondary N) is 1. The normalized spacial score (nSPS) is 30.2. The molecule has 29 heavy (non-hydrogen) atoms. The maximum Gasteiger partial charge on any atom is 0.228 e. The monoisotopic (exact) mass is 402 g/mol. The van der Waals surface area contributed by atoms with E-state index in [1.54, 1.807) is 4.90 Å². The third-order valence-corrected chi connectivity index (χ3v) is 6.70. The van der Waals surface area contributed by atoms with Crippen molar-refractivity contribution >= 4 is 11.8 Å². The van der Waals surface area contributed by atoms with Gasteiger partial charge in [-0.2, -0.15) is 0 Å². The van der Waals surface area contributed by atoms with Gasteiger partial charge in [-0.1, -0.05) is 30.3 Å². The van der Waals surface area contributed by atoms with Gasteiger partial charge < -0.3 is 20.1 Å². The van der Waals surface area contributed by atoms with Crippen molar-refractivity contribution in [3.8, 4) is 0 Å². The number of carbonyl (C=O) groups is 2. The zero-order valence-corrected chi connectivity index (χ0v) is 17.6. The Labute approximate surface area is 173 Å². The number of aliphatic hydroxyl groups excluding tert-OH is 1. The van der Waals surface area contributed by atoms with Gasteiger partial charge in [-0.05, 0) is 44.1 Å². The molecule has 1 aromatic carbocycles. The lowest BCUT2D eigenvalue weighted by molar-refractivity contribution is -0.143. The van der Waals surface area contributed by atoms with Crippen molar-refractivity contribution in [2.24, 2.45) is 5.92 Å². The SMILES string of the molecule is CC(=O)NC[C@]1(c2ccccc2)CC[C@H](O)[C@@H](N(C)C(=O)C2CCCOC2)CC1. The Morgan fingerprint density at radius 3 is 2.59 bits per heavy atom. The van der Waals surface area contributed by atoms with Crippen LogP contribution in [0.3, 0.4) is 0 Å². The van der Waals surface area contributed by atoms with Gasteiger partial charge in [-0.15, -0.1) is 0 Å². The molecule has 4 atom stereocenters. The van der Waals surface area contributed by atoms with Gasteiger partial charge in [0.15, 0.2) is 0 Å². The van der Waals surface area contributed by atoms with Crippen LogP contribution in [0.5, 0.6) is 0 Å². The molecule has 0 bridgehead atoms. The van der Waals surface area contributed by atoms with Crippen LogP contribution in [0, 0.1) is 5.92 Å². The molecule has 1 heterocycles. The minimum absolute atomic E-state index is 0.0498. The average molecular weight is 403 g/mol. The number of hydrogen-bond donors (Lipinski definition) is 2. The third-order valence-electron chi connectivity index (χ3n) is 6.70. The molecule has 2 N–H and O–H groups in total. The van der Waals surface area contributed by atoms with Crippen LogP contribution in [-0.4, -0.2) is 60.8 Å². The number of amides is 2. The van der Waals surface area contributed by atoms with E-state index in [2.05, 4.69) is 17.4 Å². The standard InChI is InChI=1S/C23H34N2O4/c1-17(26)24-16-23(19-8-4-3-5-9-19)12-10-20(21(27)11-13-23)25(2)22(28)18-7-6-14-29-15-18/h3-5,8-9,18,20-21,27H,6-7,10-16H2,1-2H3,(H,24,26)/t18?,20-,21-,23+/m0/s1. The van der Waals surface area contributed by atoms with Crippen LogP contribution in [0.4, 0.5) is 0 Å². The molecule has 2 aliphatic rings. The number of rotatable bonds is 5. The second-order valence-corrected chi connectivity index (χ2v) is 8.63. The fraction of sp³-hybridized carbons (Fsp3) is 0.652. The van der Waals surface area contributed by atoms with Crippen molar-refractivity contribution in [2.75, 3.05) is 26.8 Å². The summed E-state index contributed by atoms with van der Waals surface area (Å²) in [4.78, 5) is 26.4. The van der Waals surface area contributed by atoms with Crippen LogP contribution >= 0.6 is 0 Å². The number of carbonyl (C=O) groups excluding carboxylic acids is 2. The molecule has 6 nitrogen and oxygen atoms in total. The third kappa shape index (κ3) is 5.17. The lowest BCUT2D eigenvalue weighted by Crippen LogP contribution is -2.48. The predicted octanol–water partition coefficient (Wildman–Crippen LogP) is 2.25. The molecular weight excluding hydrogens is 368 g/mol. The Morgan fingerprint density at radius 1 is 1.21 bits per heavy atom. The van der Waals surface area contributed by atoms with Gasteiger partial charge in [0, 0.05) is 32.5 Å². The maximum absolute atomic E-state index is 13.0. The van der Waals surface area contributed by atoms with Crippen molar-refractivity contribution in [1.29, 1.82) is 0 Å². The van der Waals surface area contributed by atoms with Crippen LogP contribution in [0.2, 0.25) is 0 Å². The van der Waals surface area contributed by atoms with E-state index >= 15 is 0 Å². The summed E-state index contributed by atoms with van der Waals surface area (Å²) in [5.41, 5.74) is 0.941. The van der Waals surface area contributed by atoms with Gasteiger partial charge in [0.1, 0.15) is 0 Å². The van der Waals surface area contributed by atoms with E-state index in [9.17, 15) is 14.7 Å². The van der Waals surface area contributed by atoms with Crippen molar-refractivity contribution < 1.29 is 19.4 Å². The summed E-state index contributed by atoms with van der Waals surface area (Å²) in [5.74, 6) is -0.0865. The van der Waals surface area contributed by atoms with E-state index in [1.807, 2.05) is 25.2 Å². The summed E-state index contributed by atoms with van der Waals surface area (Å²) in [6, 6.07) is 10.0. The predicted molar refractivity (Wildman–Crippen MR) is 111 cm³/mol. The smallest absolute Gasteiger partial charge is 0.228 e. The van der Waals surface area contributed by atoms with E-state index in [-0.39, 0.29) is 29.2 Å².